The minimum atomic E-state index is 0.126. The number of piperidine rings is 2. The molecule has 1 amide bonds. The van der Waals surface area contributed by atoms with E-state index in [4.69, 9.17) is 9.72 Å². The molecule has 2 aromatic rings. The lowest BCUT2D eigenvalue weighted by Crippen LogP contribution is -2.42. The lowest BCUT2D eigenvalue weighted by molar-refractivity contribution is -0.125. The summed E-state index contributed by atoms with van der Waals surface area (Å²) < 4.78 is 6.46. The Balaban J connectivity index is 1.19. The van der Waals surface area contributed by atoms with E-state index in [0.29, 0.717) is 0 Å². The predicted molar refractivity (Wildman–Crippen MR) is 128 cm³/mol. The number of anilines is 1. The van der Waals surface area contributed by atoms with E-state index >= 15 is 0 Å². The van der Waals surface area contributed by atoms with Gasteiger partial charge in [-0.25, -0.2) is 4.98 Å². The fourth-order valence-corrected chi connectivity index (χ4v) is 6.17. The number of ether oxygens (including phenoxy) is 1. The molecule has 1 N–H and O–H groups in total. The Labute approximate surface area is 190 Å². The highest BCUT2D eigenvalue weighted by atomic mass is 32.1. The number of hydrogen-bond acceptors (Lipinski definition) is 6. The van der Waals surface area contributed by atoms with E-state index in [0.717, 1.165) is 78.4 Å². The van der Waals surface area contributed by atoms with Crippen LogP contribution in [0.15, 0.2) is 18.2 Å². The van der Waals surface area contributed by atoms with Crippen molar-refractivity contribution < 1.29 is 9.53 Å². The van der Waals surface area contributed by atoms with Crippen molar-refractivity contribution in [3.05, 3.63) is 18.2 Å². The highest BCUT2D eigenvalue weighted by molar-refractivity contribution is 7.22. The summed E-state index contributed by atoms with van der Waals surface area (Å²) in [5.41, 5.74) is 1.01. The van der Waals surface area contributed by atoms with Gasteiger partial charge < -0.3 is 19.9 Å². The summed E-state index contributed by atoms with van der Waals surface area (Å²) in [6.45, 7) is 10.8. The third-order valence-corrected chi connectivity index (χ3v) is 7.69. The second-order valence-electron chi connectivity index (χ2n) is 9.44. The molecule has 0 bridgehead atoms. The first-order chi connectivity index (χ1) is 15.0. The summed E-state index contributed by atoms with van der Waals surface area (Å²) in [5, 5.41) is 4.24. The molecule has 7 heteroatoms. The van der Waals surface area contributed by atoms with Crippen molar-refractivity contribution >= 4 is 32.6 Å². The lowest BCUT2D eigenvalue weighted by atomic mass is 9.92. The van der Waals surface area contributed by atoms with Crippen LogP contribution in [0.1, 0.15) is 39.5 Å². The molecule has 170 valence electrons. The molecule has 0 aliphatic carbocycles. The van der Waals surface area contributed by atoms with E-state index in [9.17, 15) is 4.79 Å². The van der Waals surface area contributed by atoms with Gasteiger partial charge in [0.25, 0.3) is 0 Å². The van der Waals surface area contributed by atoms with Crippen LogP contribution in [-0.4, -0.2) is 62.2 Å². The van der Waals surface area contributed by atoms with Gasteiger partial charge in [-0.3, -0.25) is 4.79 Å². The third kappa shape index (κ3) is 5.69. The lowest BCUT2D eigenvalue weighted by Gasteiger charge is -2.35. The zero-order valence-corrected chi connectivity index (χ0v) is 19.9. The van der Waals surface area contributed by atoms with E-state index in [1.165, 1.54) is 19.5 Å². The molecule has 2 saturated heterocycles. The van der Waals surface area contributed by atoms with Crippen molar-refractivity contribution in [2.45, 2.75) is 39.5 Å². The number of nitrogens with zero attached hydrogens (tertiary/aromatic N) is 3. The molecule has 31 heavy (non-hydrogen) atoms. The molecule has 2 fully saturated rings. The number of fused-ring (bicyclic) bond motifs is 1. The molecular weight excluding hydrogens is 408 g/mol. The Morgan fingerprint density at radius 3 is 2.68 bits per heavy atom. The van der Waals surface area contributed by atoms with E-state index in [2.05, 4.69) is 29.0 Å². The summed E-state index contributed by atoms with van der Waals surface area (Å²) in [6, 6.07) is 6.01. The number of thiazole rings is 1. The SMILES string of the molecule is COc1ccc2nc(N3CCC(C(=O)NCCCN4C[C@H](C)C[C@H](C)C4)CC3)sc2c1. The Morgan fingerprint density at radius 2 is 1.97 bits per heavy atom. The number of methoxy groups -OCH3 is 1. The molecule has 2 aliphatic heterocycles. The predicted octanol–water partition coefficient (Wildman–Crippen LogP) is 4.01. The second-order valence-corrected chi connectivity index (χ2v) is 10.5. The van der Waals surface area contributed by atoms with Crippen molar-refractivity contribution in [3.63, 3.8) is 0 Å². The van der Waals surface area contributed by atoms with Crippen LogP contribution in [0.25, 0.3) is 10.2 Å². The van der Waals surface area contributed by atoms with E-state index in [1.54, 1.807) is 18.4 Å². The quantitative estimate of drug-likeness (QED) is 0.654. The van der Waals surface area contributed by atoms with Crippen molar-refractivity contribution in [2.24, 2.45) is 17.8 Å². The average Bonchev–Trinajstić information content (AvgIpc) is 3.19. The average molecular weight is 445 g/mol. The van der Waals surface area contributed by atoms with Crippen LogP contribution in [0.3, 0.4) is 0 Å². The van der Waals surface area contributed by atoms with Gasteiger partial charge in [-0.1, -0.05) is 25.2 Å². The Kier molecular flexibility index (Phi) is 7.33. The number of benzene rings is 1. The van der Waals surface area contributed by atoms with E-state index < -0.39 is 0 Å². The number of hydrogen-bond donors (Lipinski definition) is 1. The monoisotopic (exact) mass is 444 g/mol. The molecule has 4 rings (SSSR count). The molecule has 0 unspecified atom stereocenters. The molecule has 1 aromatic heterocycles. The maximum Gasteiger partial charge on any atom is 0.223 e. The number of likely N-dealkylation sites (tertiary alicyclic amines) is 1. The highest BCUT2D eigenvalue weighted by Gasteiger charge is 2.26. The number of amides is 1. The topological polar surface area (TPSA) is 57.7 Å². The van der Waals surface area contributed by atoms with Crippen LogP contribution in [-0.2, 0) is 4.79 Å². The third-order valence-electron chi connectivity index (χ3n) is 6.62. The molecule has 0 saturated carbocycles. The van der Waals surface area contributed by atoms with E-state index in [1.807, 2.05) is 18.2 Å². The molecule has 6 nitrogen and oxygen atoms in total. The van der Waals surface area contributed by atoms with Crippen molar-refractivity contribution in [1.29, 1.82) is 0 Å². The van der Waals surface area contributed by atoms with Crippen molar-refractivity contribution in [3.8, 4) is 5.75 Å². The number of rotatable bonds is 7. The zero-order chi connectivity index (χ0) is 21.8. The summed E-state index contributed by atoms with van der Waals surface area (Å²) in [4.78, 5) is 22.3. The van der Waals surface area contributed by atoms with Crippen LogP contribution in [0.2, 0.25) is 0 Å². The highest BCUT2D eigenvalue weighted by Crippen LogP contribution is 2.33. The minimum Gasteiger partial charge on any atom is -0.497 e. The first kappa shape index (κ1) is 22.3. The fraction of sp³-hybridized carbons (Fsp3) is 0.667. The van der Waals surface area contributed by atoms with Gasteiger partial charge in [-0.2, -0.15) is 0 Å². The summed E-state index contributed by atoms with van der Waals surface area (Å²) >= 11 is 1.70. The van der Waals surface area contributed by atoms with Crippen LogP contribution in [0, 0.1) is 17.8 Å². The van der Waals surface area contributed by atoms with Gasteiger partial charge in [0, 0.05) is 38.6 Å². The maximum absolute atomic E-state index is 12.6. The summed E-state index contributed by atoms with van der Waals surface area (Å²) in [7, 11) is 1.69. The Hall–Kier alpha value is -1.86. The standard InChI is InChI=1S/C24H36N4O2S/c1-17-13-18(2)16-27(15-17)10-4-9-25-23(29)19-7-11-28(12-8-19)24-26-21-6-5-20(30-3)14-22(21)31-24/h5-6,14,17-19H,4,7-13,15-16H2,1-3H3,(H,25,29)/t17-,18+. The van der Waals surface area contributed by atoms with Gasteiger partial charge in [-0.05, 0) is 62.3 Å². The first-order valence-electron chi connectivity index (χ1n) is 11.7. The summed E-state index contributed by atoms with van der Waals surface area (Å²) in [5.74, 6) is 2.80. The number of nitrogens with one attached hydrogen (secondary N) is 1. The largest absolute Gasteiger partial charge is 0.497 e. The number of carbonyl (C=O) groups is 1. The summed E-state index contributed by atoms with van der Waals surface area (Å²) in [6.07, 6.45) is 4.18. The molecule has 0 spiro atoms. The number of carbonyl (C=O) groups excluding carboxylic acids is 1. The molecule has 1 aromatic carbocycles. The van der Waals surface area contributed by atoms with Gasteiger partial charge >= 0.3 is 0 Å². The van der Waals surface area contributed by atoms with Crippen LogP contribution < -0.4 is 15.0 Å². The Bertz CT molecular complexity index is 868. The molecular formula is C24H36N4O2S. The van der Waals surface area contributed by atoms with Gasteiger partial charge in [0.15, 0.2) is 5.13 Å². The fourth-order valence-electron chi connectivity index (χ4n) is 5.12. The molecule has 3 heterocycles. The van der Waals surface area contributed by atoms with Crippen LogP contribution >= 0.6 is 11.3 Å². The number of aromatic nitrogens is 1. The van der Waals surface area contributed by atoms with Gasteiger partial charge in [0.2, 0.25) is 5.91 Å². The smallest absolute Gasteiger partial charge is 0.223 e. The van der Waals surface area contributed by atoms with Crippen molar-refractivity contribution in [2.75, 3.05) is 51.3 Å². The normalized spacial score (nSPS) is 23.3. The second kappa shape index (κ2) is 10.2. The maximum atomic E-state index is 12.6. The van der Waals surface area contributed by atoms with Crippen LogP contribution in [0.4, 0.5) is 5.13 Å². The minimum absolute atomic E-state index is 0.126. The molecule has 2 aliphatic rings. The Morgan fingerprint density at radius 1 is 1.23 bits per heavy atom. The van der Waals surface area contributed by atoms with Crippen LogP contribution in [0.5, 0.6) is 5.75 Å². The first-order valence-corrected chi connectivity index (χ1v) is 12.5. The zero-order valence-electron chi connectivity index (χ0n) is 19.1. The van der Waals surface area contributed by atoms with Gasteiger partial charge in [-0.15, -0.1) is 0 Å². The van der Waals surface area contributed by atoms with Gasteiger partial charge in [0.1, 0.15) is 5.75 Å². The van der Waals surface area contributed by atoms with E-state index in [-0.39, 0.29) is 11.8 Å². The molecule has 0 radical (unpaired) electrons. The molecule has 2 atom stereocenters. The van der Waals surface area contributed by atoms with Crippen molar-refractivity contribution in [1.82, 2.24) is 15.2 Å². The van der Waals surface area contributed by atoms with Gasteiger partial charge in [0.05, 0.1) is 17.3 Å².